The highest BCUT2D eigenvalue weighted by Gasteiger charge is 2.22. The molecule has 5 heteroatoms. The van der Waals surface area contributed by atoms with Crippen molar-refractivity contribution in [3.8, 4) is 0 Å². The van der Waals surface area contributed by atoms with Gasteiger partial charge in [-0.2, -0.15) is 0 Å². The first-order valence-electron chi connectivity index (χ1n) is 7.66. The number of esters is 1. The molecule has 1 aliphatic heterocycles. The minimum atomic E-state index is -0.278. The van der Waals surface area contributed by atoms with Crippen molar-refractivity contribution in [3.05, 3.63) is 0 Å². The SMILES string of the molecule is CCOC(=O)CCC(=O)CN(C)C1CCN(CC)CC1. The zero-order valence-electron chi connectivity index (χ0n) is 13.1. The van der Waals surface area contributed by atoms with E-state index < -0.39 is 0 Å². The largest absolute Gasteiger partial charge is 0.466 e. The average Bonchev–Trinajstić information content (AvgIpc) is 2.45. The summed E-state index contributed by atoms with van der Waals surface area (Å²) in [5.41, 5.74) is 0. The Morgan fingerprint density at radius 1 is 1.20 bits per heavy atom. The second-order valence-electron chi connectivity index (χ2n) is 5.42. The van der Waals surface area contributed by atoms with E-state index in [1.807, 2.05) is 7.05 Å². The Hall–Kier alpha value is -0.940. The van der Waals surface area contributed by atoms with Crippen LogP contribution < -0.4 is 0 Å². The molecule has 0 unspecified atom stereocenters. The van der Waals surface area contributed by atoms with Crippen LogP contribution in [0.25, 0.3) is 0 Å². The fourth-order valence-electron chi connectivity index (χ4n) is 2.64. The van der Waals surface area contributed by atoms with Gasteiger partial charge in [-0.05, 0) is 46.4 Å². The second-order valence-corrected chi connectivity index (χ2v) is 5.42. The highest BCUT2D eigenvalue weighted by Crippen LogP contribution is 2.15. The molecule has 0 aromatic carbocycles. The zero-order valence-corrected chi connectivity index (χ0v) is 13.1. The molecular weight excluding hydrogens is 256 g/mol. The molecule has 0 saturated carbocycles. The number of ketones is 1. The van der Waals surface area contributed by atoms with Crippen molar-refractivity contribution in [2.24, 2.45) is 0 Å². The molecule has 0 amide bonds. The van der Waals surface area contributed by atoms with Gasteiger partial charge in [0.2, 0.25) is 0 Å². The van der Waals surface area contributed by atoms with E-state index in [0.29, 0.717) is 19.2 Å². The summed E-state index contributed by atoms with van der Waals surface area (Å²) in [6.45, 7) is 8.11. The lowest BCUT2D eigenvalue weighted by Gasteiger charge is -2.36. The van der Waals surface area contributed by atoms with Gasteiger partial charge >= 0.3 is 5.97 Å². The van der Waals surface area contributed by atoms with Crippen molar-refractivity contribution in [2.45, 2.75) is 45.6 Å². The van der Waals surface area contributed by atoms with E-state index in [4.69, 9.17) is 4.74 Å². The van der Waals surface area contributed by atoms with E-state index in [9.17, 15) is 9.59 Å². The van der Waals surface area contributed by atoms with Crippen LogP contribution in [0.1, 0.15) is 39.5 Å². The van der Waals surface area contributed by atoms with Crippen LogP contribution in [-0.2, 0) is 14.3 Å². The van der Waals surface area contributed by atoms with Crippen LogP contribution in [0.15, 0.2) is 0 Å². The molecule has 0 aromatic rings. The first kappa shape index (κ1) is 17.1. The summed E-state index contributed by atoms with van der Waals surface area (Å²) < 4.78 is 4.83. The number of hydrogen-bond acceptors (Lipinski definition) is 5. The van der Waals surface area contributed by atoms with Crippen LogP contribution in [-0.4, -0.2) is 67.4 Å². The Bertz CT molecular complexity index is 312. The molecule has 0 atom stereocenters. The van der Waals surface area contributed by atoms with Crippen molar-refractivity contribution in [1.82, 2.24) is 9.80 Å². The first-order chi connectivity index (χ1) is 9.56. The number of likely N-dealkylation sites (tertiary alicyclic amines) is 1. The number of piperidine rings is 1. The number of ether oxygens (including phenoxy) is 1. The summed E-state index contributed by atoms with van der Waals surface area (Å²) in [5.74, 6) is -0.154. The molecule has 116 valence electrons. The molecule has 0 bridgehead atoms. The van der Waals surface area contributed by atoms with E-state index in [0.717, 1.165) is 32.5 Å². The quantitative estimate of drug-likeness (QED) is 0.629. The van der Waals surface area contributed by atoms with Crippen LogP contribution >= 0.6 is 0 Å². The normalized spacial score (nSPS) is 17.4. The number of likely N-dealkylation sites (N-methyl/N-ethyl adjacent to an activating group) is 1. The number of nitrogens with zero attached hydrogens (tertiary/aromatic N) is 2. The summed E-state index contributed by atoms with van der Waals surface area (Å²) in [4.78, 5) is 27.7. The number of carbonyl (C=O) groups is 2. The van der Waals surface area contributed by atoms with Crippen LogP contribution in [0.5, 0.6) is 0 Å². The van der Waals surface area contributed by atoms with E-state index in [1.165, 1.54) is 0 Å². The summed E-state index contributed by atoms with van der Waals surface area (Å²) in [6, 6.07) is 0.490. The molecule has 0 radical (unpaired) electrons. The smallest absolute Gasteiger partial charge is 0.306 e. The molecule has 0 N–H and O–H groups in total. The molecule has 1 saturated heterocycles. The number of carbonyl (C=O) groups excluding carboxylic acids is 2. The Kier molecular flexibility index (Phi) is 7.77. The third-order valence-corrected chi connectivity index (χ3v) is 3.97. The topological polar surface area (TPSA) is 49.9 Å². The molecule has 1 heterocycles. The summed E-state index contributed by atoms with van der Waals surface area (Å²) in [7, 11) is 2.01. The Morgan fingerprint density at radius 2 is 1.85 bits per heavy atom. The molecule has 20 heavy (non-hydrogen) atoms. The van der Waals surface area contributed by atoms with Gasteiger partial charge in [0, 0.05) is 12.5 Å². The third kappa shape index (κ3) is 6.01. The number of hydrogen-bond donors (Lipinski definition) is 0. The monoisotopic (exact) mass is 284 g/mol. The van der Waals surface area contributed by atoms with Crippen molar-refractivity contribution in [3.63, 3.8) is 0 Å². The molecular formula is C15H28N2O3. The first-order valence-corrected chi connectivity index (χ1v) is 7.66. The summed E-state index contributed by atoms with van der Waals surface area (Å²) >= 11 is 0. The fourth-order valence-corrected chi connectivity index (χ4v) is 2.64. The minimum Gasteiger partial charge on any atom is -0.466 e. The maximum absolute atomic E-state index is 11.9. The predicted molar refractivity (Wildman–Crippen MR) is 78.6 cm³/mol. The molecule has 5 nitrogen and oxygen atoms in total. The Labute approximate surface area is 122 Å². The van der Waals surface area contributed by atoms with Gasteiger partial charge in [-0.15, -0.1) is 0 Å². The van der Waals surface area contributed by atoms with Crippen molar-refractivity contribution in [1.29, 1.82) is 0 Å². The second kappa shape index (κ2) is 9.08. The van der Waals surface area contributed by atoms with E-state index in [-0.39, 0.29) is 24.6 Å². The maximum Gasteiger partial charge on any atom is 0.306 e. The standard InChI is InChI=1S/C15H28N2O3/c1-4-17-10-8-13(9-11-17)16(3)12-14(18)6-7-15(19)20-5-2/h13H,4-12H2,1-3H3. The zero-order chi connectivity index (χ0) is 15.0. The molecule has 1 rings (SSSR count). The molecule has 0 spiro atoms. The van der Waals surface area contributed by atoms with Gasteiger partial charge in [-0.3, -0.25) is 14.5 Å². The van der Waals surface area contributed by atoms with Gasteiger partial charge in [0.05, 0.1) is 19.6 Å². The molecule has 1 aliphatic rings. The fraction of sp³-hybridized carbons (Fsp3) is 0.867. The van der Waals surface area contributed by atoms with Crippen LogP contribution in [0.3, 0.4) is 0 Å². The summed E-state index contributed by atoms with van der Waals surface area (Å²) in [6.07, 6.45) is 2.73. The van der Waals surface area contributed by atoms with Gasteiger partial charge in [0.25, 0.3) is 0 Å². The Balaban J connectivity index is 2.23. The van der Waals surface area contributed by atoms with Crippen LogP contribution in [0.4, 0.5) is 0 Å². The van der Waals surface area contributed by atoms with Crippen molar-refractivity contribution < 1.29 is 14.3 Å². The molecule has 1 fully saturated rings. The van der Waals surface area contributed by atoms with Crippen LogP contribution in [0, 0.1) is 0 Å². The van der Waals surface area contributed by atoms with Gasteiger partial charge < -0.3 is 9.64 Å². The lowest BCUT2D eigenvalue weighted by molar-refractivity contribution is -0.144. The molecule has 0 aliphatic carbocycles. The van der Waals surface area contributed by atoms with Gasteiger partial charge in [-0.1, -0.05) is 6.92 Å². The van der Waals surface area contributed by atoms with Crippen molar-refractivity contribution >= 4 is 11.8 Å². The van der Waals surface area contributed by atoms with Gasteiger partial charge in [0.15, 0.2) is 0 Å². The predicted octanol–water partition coefficient (Wildman–Crippen LogP) is 1.31. The van der Waals surface area contributed by atoms with Crippen LogP contribution in [0.2, 0.25) is 0 Å². The van der Waals surface area contributed by atoms with E-state index in [2.05, 4.69) is 16.7 Å². The number of rotatable bonds is 8. The third-order valence-electron chi connectivity index (χ3n) is 3.97. The summed E-state index contributed by atoms with van der Waals surface area (Å²) in [5, 5.41) is 0. The maximum atomic E-state index is 11.9. The average molecular weight is 284 g/mol. The van der Waals surface area contributed by atoms with Crippen molar-refractivity contribution in [2.75, 3.05) is 39.8 Å². The highest BCUT2D eigenvalue weighted by molar-refractivity contribution is 5.84. The van der Waals surface area contributed by atoms with Gasteiger partial charge in [0.1, 0.15) is 5.78 Å². The highest BCUT2D eigenvalue weighted by atomic mass is 16.5. The lowest BCUT2D eigenvalue weighted by Crippen LogP contribution is -2.44. The van der Waals surface area contributed by atoms with E-state index >= 15 is 0 Å². The lowest BCUT2D eigenvalue weighted by atomic mass is 10.0. The minimum absolute atomic E-state index is 0.124. The van der Waals surface area contributed by atoms with Gasteiger partial charge in [-0.25, -0.2) is 0 Å². The van der Waals surface area contributed by atoms with E-state index in [1.54, 1.807) is 6.92 Å². The molecule has 0 aromatic heterocycles. The Morgan fingerprint density at radius 3 is 2.40 bits per heavy atom. The number of Topliss-reactive ketones (excluding diaryl/α,β-unsaturated/α-hetero) is 1.